The molecule has 0 bridgehead atoms. The first-order valence-corrected chi connectivity index (χ1v) is 6.85. The van der Waals surface area contributed by atoms with E-state index >= 15 is 0 Å². The van der Waals surface area contributed by atoms with Gasteiger partial charge in [-0.25, -0.2) is 0 Å². The molecule has 0 spiro atoms. The third-order valence-electron chi connectivity index (χ3n) is 3.09. The summed E-state index contributed by atoms with van der Waals surface area (Å²) in [6.07, 6.45) is 2.25. The van der Waals surface area contributed by atoms with Gasteiger partial charge in [-0.3, -0.25) is 4.90 Å². The number of hydrogen-bond donors (Lipinski definition) is 2. The second-order valence-corrected chi connectivity index (χ2v) is 4.81. The molecule has 0 fully saturated rings. The molecule has 0 radical (unpaired) electrons. The van der Waals surface area contributed by atoms with Crippen molar-refractivity contribution in [3.63, 3.8) is 0 Å². The number of hydrogen-bond acceptors (Lipinski definition) is 4. The van der Waals surface area contributed by atoms with Crippen LogP contribution in [0.3, 0.4) is 0 Å². The molecule has 0 saturated heterocycles. The summed E-state index contributed by atoms with van der Waals surface area (Å²) in [7, 11) is 0. The van der Waals surface area contributed by atoms with Gasteiger partial charge in [-0.05, 0) is 50.6 Å². The first-order valence-electron chi connectivity index (χ1n) is 6.85. The van der Waals surface area contributed by atoms with Crippen LogP contribution in [0, 0.1) is 0 Å². The van der Waals surface area contributed by atoms with E-state index in [4.69, 9.17) is 5.21 Å². The minimum absolute atomic E-state index is 0.150. The summed E-state index contributed by atoms with van der Waals surface area (Å²) in [5.74, 6) is 0.150. The first kappa shape index (κ1) is 15.5. The summed E-state index contributed by atoms with van der Waals surface area (Å²) < 4.78 is 0. The Morgan fingerprint density at radius 1 is 1.21 bits per heavy atom. The molecule has 0 aromatic heterocycles. The van der Waals surface area contributed by atoms with Gasteiger partial charge in [0.05, 0.1) is 5.71 Å². The van der Waals surface area contributed by atoms with Gasteiger partial charge in [0.2, 0.25) is 0 Å². The Hall–Kier alpha value is -1.55. The van der Waals surface area contributed by atoms with Crippen LogP contribution in [0.25, 0.3) is 0 Å². The second-order valence-electron chi connectivity index (χ2n) is 4.81. The normalized spacial score (nSPS) is 12.1. The summed E-state index contributed by atoms with van der Waals surface area (Å²) in [4.78, 5) is 2.39. The highest BCUT2D eigenvalue weighted by molar-refractivity contribution is 6.00. The van der Waals surface area contributed by atoms with Gasteiger partial charge in [-0.15, -0.1) is 0 Å². The zero-order valence-corrected chi connectivity index (χ0v) is 12.1. The molecular formula is C15H24N2O2. The SMILES string of the molecule is CCCN(CCC)Cc1ccc(O)c(/C(C)=N/O)c1. The van der Waals surface area contributed by atoms with E-state index in [-0.39, 0.29) is 5.75 Å². The van der Waals surface area contributed by atoms with Crippen LogP contribution in [-0.4, -0.2) is 34.0 Å². The van der Waals surface area contributed by atoms with Crippen LogP contribution in [0.4, 0.5) is 0 Å². The lowest BCUT2D eigenvalue weighted by atomic mass is 10.1. The molecule has 0 unspecified atom stereocenters. The number of rotatable bonds is 7. The van der Waals surface area contributed by atoms with Gasteiger partial charge in [0, 0.05) is 12.1 Å². The molecule has 106 valence electrons. The lowest BCUT2D eigenvalue weighted by Gasteiger charge is -2.21. The van der Waals surface area contributed by atoms with Crippen molar-refractivity contribution in [3.05, 3.63) is 29.3 Å². The molecule has 0 aliphatic heterocycles. The van der Waals surface area contributed by atoms with Crippen molar-refractivity contribution < 1.29 is 10.3 Å². The van der Waals surface area contributed by atoms with Crippen LogP contribution in [-0.2, 0) is 6.54 Å². The zero-order chi connectivity index (χ0) is 14.3. The van der Waals surface area contributed by atoms with Crippen molar-refractivity contribution in [2.24, 2.45) is 5.16 Å². The van der Waals surface area contributed by atoms with E-state index in [1.807, 2.05) is 12.1 Å². The second kappa shape index (κ2) is 7.79. The van der Waals surface area contributed by atoms with Gasteiger partial charge < -0.3 is 10.3 Å². The van der Waals surface area contributed by atoms with Crippen LogP contribution in [0.15, 0.2) is 23.4 Å². The van der Waals surface area contributed by atoms with E-state index in [0.717, 1.165) is 38.0 Å². The summed E-state index contributed by atoms with van der Waals surface area (Å²) >= 11 is 0. The minimum atomic E-state index is 0.150. The van der Waals surface area contributed by atoms with E-state index in [1.165, 1.54) is 0 Å². The fraction of sp³-hybridized carbons (Fsp3) is 0.533. The van der Waals surface area contributed by atoms with Crippen molar-refractivity contribution in [1.82, 2.24) is 4.90 Å². The summed E-state index contributed by atoms with van der Waals surface area (Å²) in [5.41, 5.74) is 2.14. The van der Waals surface area contributed by atoms with Crippen molar-refractivity contribution >= 4 is 5.71 Å². The predicted molar refractivity (Wildman–Crippen MR) is 78.0 cm³/mol. The lowest BCUT2D eigenvalue weighted by molar-refractivity contribution is 0.266. The third-order valence-corrected chi connectivity index (χ3v) is 3.09. The average Bonchev–Trinajstić information content (AvgIpc) is 2.40. The Morgan fingerprint density at radius 3 is 2.37 bits per heavy atom. The zero-order valence-electron chi connectivity index (χ0n) is 12.1. The van der Waals surface area contributed by atoms with Crippen molar-refractivity contribution in [1.29, 1.82) is 0 Å². The lowest BCUT2D eigenvalue weighted by Crippen LogP contribution is -2.25. The standard InChI is InChI=1S/C15H24N2O2/c1-4-8-17(9-5-2)11-13-6-7-15(18)14(10-13)12(3)16-19/h6-7,10,18-19H,4-5,8-9,11H2,1-3H3/b16-12+. The van der Waals surface area contributed by atoms with E-state index in [2.05, 4.69) is 23.9 Å². The number of phenolic OH excluding ortho intramolecular Hbond substituents is 1. The van der Waals surface area contributed by atoms with E-state index in [0.29, 0.717) is 11.3 Å². The maximum atomic E-state index is 9.77. The Bertz CT molecular complexity index is 424. The highest BCUT2D eigenvalue weighted by Gasteiger charge is 2.09. The van der Waals surface area contributed by atoms with Gasteiger partial charge in [0.15, 0.2) is 0 Å². The summed E-state index contributed by atoms with van der Waals surface area (Å²) in [6.45, 7) is 9.01. The number of nitrogens with zero attached hydrogens (tertiary/aromatic N) is 2. The summed E-state index contributed by atoms with van der Waals surface area (Å²) in [6, 6.07) is 5.47. The Kier molecular flexibility index (Phi) is 6.36. The van der Waals surface area contributed by atoms with Gasteiger partial charge in [-0.1, -0.05) is 25.1 Å². The van der Waals surface area contributed by atoms with Crippen LogP contribution >= 0.6 is 0 Å². The molecule has 0 atom stereocenters. The molecule has 0 aliphatic rings. The fourth-order valence-electron chi connectivity index (χ4n) is 2.19. The highest BCUT2D eigenvalue weighted by atomic mass is 16.4. The molecule has 0 amide bonds. The Balaban J connectivity index is 2.89. The molecule has 19 heavy (non-hydrogen) atoms. The molecule has 1 rings (SSSR count). The largest absolute Gasteiger partial charge is 0.507 e. The predicted octanol–water partition coefficient (Wildman–Crippen LogP) is 3.21. The molecule has 0 aliphatic carbocycles. The van der Waals surface area contributed by atoms with Crippen molar-refractivity contribution in [2.75, 3.05) is 13.1 Å². The maximum Gasteiger partial charge on any atom is 0.124 e. The van der Waals surface area contributed by atoms with Crippen molar-refractivity contribution in [2.45, 2.75) is 40.2 Å². The smallest absolute Gasteiger partial charge is 0.124 e. The minimum Gasteiger partial charge on any atom is -0.507 e. The maximum absolute atomic E-state index is 9.77. The topological polar surface area (TPSA) is 56.1 Å². The van der Waals surface area contributed by atoms with Crippen LogP contribution in [0.5, 0.6) is 5.75 Å². The number of oxime groups is 1. The summed E-state index contributed by atoms with van der Waals surface area (Å²) in [5, 5.41) is 21.7. The van der Waals surface area contributed by atoms with Gasteiger partial charge in [-0.2, -0.15) is 0 Å². The number of aromatic hydroxyl groups is 1. The number of benzene rings is 1. The van der Waals surface area contributed by atoms with Crippen LogP contribution in [0.1, 0.15) is 44.7 Å². The quantitative estimate of drug-likeness (QED) is 0.451. The molecular weight excluding hydrogens is 240 g/mol. The monoisotopic (exact) mass is 264 g/mol. The molecule has 0 heterocycles. The molecule has 0 saturated carbocycles. The van der Waals surface area contributed by atoms with E-state index in [1.54, 1.807) is 13.0 Å². The highest BCUT2D eigenvalue weighted by Crippen LogP contribution is 2.20. The Labute approximate surface area is 115 Å². The Morgan fingerprint density at radius 2 is 1.84 bits per heavy atom. The van der Waals surface area contributed by atoms with Gasteiger partial charge in [0.1, 0.15) is 5.75 Å². The molecule has 2 N–H and O–H groups in total. The molecule has 4 heteroatoms. The van der Waals surface area contributed by atoms with Crippen LogP contribution in [0.2, 0.25) is 0 Å². The molecule has 1 aromatic carbocycles. The van der Waals surface area contributed by atoms with E-state index < -0.39 is 0 Å². The van der Waals surface area contributed by atoms with Crippen LogP contribution < -0.4 is 0 Å². The third kappa shape index (κ3) is 4.56. The average molecular weight is 264 g/mol. The number of phenols is 1. The first-order chi connectivity index (χ1) is 9.12. The van der Waals surface area contributed by atoms with Gasteiger partial charge >= 0.3 is 0 Å². The molecule has 4 nitrogen and oxygen atoms in total. The fourth-order valence-corrected chi connectivity index (χ4v) is 2.19. The van der Waals surface area contributed by atoms with Crippen molar-refractivity contribution in [3.8, 4) is 5.75 Å². The van der Waals surface area contributed by atoms with E-state index in [9.17, 15) is 5.11 Å². The van der Waals surface area contributed by atoms with Gasteiger partial charge in [0.25, 0.3) is 0 Å². The molecule has 1 aromatic rings.